The topological polar surface area (TPSA) is 93.0 Å². The van der Waals surface area contributed by atoms with Gasteiger partial charge in [0, 0.05) is 24.7 Å². The van der Waals surface area contributed by atoms with Crippen molar-refractivity contribution in [3.05, 3.63) is 34.5 Å². The maximum Gasteiger partial charge on any atom is 0.271 e. The van der Waals surface area contributed by atoms with Gasteiger partial charge in [-0.1, -0.05) is 0 Å². The van der Waals surface area contributed by atoms with Crippen LogP contribution in [0.3, 0.4) is 0 Å². The summed E-state index contributed by atoms with van der Waals surface area (Å²) in [4.78, 5) is 18.9. The molecule has 1 fully saturated rings. The average molecular weight is 310 g/mol. The quantitative estimate of drug-likeness (QED) is 0.664. The molecule has 0 aliphatic carbocycles. The lowest BCUT2D eigenvalue weighted by molar-refractivity contribution is -0.384. The van der Waals surface area contributed by atoms with E-state index >= 15 is 0 Å². The first-order chi connectivity index (χ1) is 9.72. The molecule has 1 atom stereocenters. The summed E-state index contributed by atoms with van der Waals surface area (Å²) in [6, 6.07) is 4.98. The third-order valence-electron chi connectivity index (χ3n) is 3.43. The average Bonchev–Trinajstić information content (AvgIpc) is 2.97. The number of fused-ring (bicyclic) bond motifs is 1. The minimum atomic E-state index is -0.432. The molecule has 3 rings (SSSR count). The molecule has 112 valence electrons. The molecule has 1 aromatic heterocycles. The van der Waals surface area contributed by atoms with E-state index in [1.807, 2.05) is 0 Å². The van der Waals surface area contributed by atoms with Gasteiger partial charge < -0.3 is 10.6 Å². The molecule has 1 aromatic carbocycles. The summed E-state index contributed by atoms with van der Waals surface area (Å²) >= 11 is 0. The van der Waals surface area contributed by atoms with E-state index in [0.717, 1.165) is 13.1 Å². The molecule has 0 bridgehead atoms. The van der Waals surface area contributed by atoms with Gasteiger partial charge in [-0.15, -0.1) is 12.4 Å². The summed E-state index contributed by atoms with van der Waals surface area (Å²) < 4.78 is 0. The number of nitrogens with zero attached hydrogens (tertiary/aromatic N) is 3. The lowest BCUT2D eigenvalue weighted by Gasteiger charge is -2.11. The van der Waals surface area contributed by atoms with Gasteiger partial charge in [-0.2, -0.15) is 0 Å². The van der Waals surface area contributed by atoms with Crippen molar-refractivity contribution in [1.82, 2.24) is 15.3 Å². The van der Waals surface area contributed by atoms with Crippen LogP contribution in [0.4, 0.5) is 11.5 Å². The molecule has 2 heterocycles. The van der Waals surface area contributed by atoms with Crippen molar-refractivity contribution in [3.8, 4) is 0 Å². The molecule has 0 spiro atoms. The van der Waals surface area contributed by atoms with Crippen LogP contribution in [0, 0.1) is 10.1 Å². The molecular formula is C13H16ClN5O2. The largest absolute Gasteiger partial charge is 0.367 e. The SMILES string of the molecule is Cl.O=[N+]([O-])c1ccc2nc(NCC3CCCN3)cnc2c1. The molecule has 0 amide bonds. The first-order valence-electron chi connectivity index (χ1n) is 6.61. The number of nitro groups is 1. The molecule has 2 N–H and O–H groups in total. The minimum absolute atomic E-state index is 0. The van der Waals surface area contributed by atoms with Gasteiger partial charge in [-0.05, 0) is 25.5 Å². The van der Waals surface area contributed by atoms with Crippen LogP contribution >= 0.6 is 12.4 Å². The Morgan fingerprint density at radius 1 is 1.43 bits per heavy atom. The highest BCUT2D eigenvalue weighted by Gasteiger charge is 2.14. The number of nitrogens with one attached hydrogen (secondary N) is 2. The van der Waals surface area contributed by atoms with Gasteiger partial charge in [0.05, 0.1) is 22.2 Å². The lowest BCUT2D eigenvalue weighted by atomic mass is 10.2. The van der Waals surface area contributed by atoms with Crippen LogP contribution in [0.5, 0.6) is 0 Å². The van der Waals surface area contributed by atoms with E-state index in [-0.39, 0.29) is 18.1 Å². The fraction of sp³-hybridized carbons (Fsp3) is 0.385. The van der Waals surface area contributed by atoms with Crippen LogP contribution in [0.1, 0.15) is 12.8 Å². The molecule has 1 saturated heterocycles. The Morgan fingerprint density at radius 3 is 3.00 bits per heavy atom. The van der Waals surface area contributed by atoms with E-state index in [0.29, 0.717) is 22.9 Å². The fourth-order valence-corrected chi connectivity index (χ4v) is 2.36. The smallest absolute Gasteiger partial charge is 0.271 e. The Hall–Kier alpha value is -1.99. The normalized spacial score (nSPS) is 17.4. The van der Waals surface area contributed by atoms with E-state index in [1.54, 1.807) is 12.3 Å². The van der Waals surface area contributed by atoms with Crippen LogP contribution in [-0.2, 0) is 0 Å². The second-order valence-electron chi connectivity index (χ2n) is 4.86. The Morgan fingerprint density at radius 2 is 2.29 bits per heavy atom. The number of rotatable bonds is 4. The Balaban J connectivity index is 0.00000161. The third-order valence-corrected chi connectivity index (χ3v) is 3.43. The Bertz CT molecular complexity index is 645. The number of hydrogen-bond donors (Lipinski definition) is 2. The van der Waals surface area contributed by atoms with Crippen LogP contribution in [-0.4, -0.2) is 34.0 Å². The molecule has 1 aliphatic heterocycles. The van der Waals surface area contributed by atoms with E-state index < -0.39 is 4.92 Å². The van der Waals surface area contributed by atoms with Crippen molar-refractivity contribution in [2.75, 3.05) is 18.4 Å². The summed E-state index contributed by atoms with van der Waals surface area (Å²) in [6.45, 7) is 1.88. The maximum atomic E-state index is 10.7. The zero-order chi connectivity index (χ0) is 13.9. The summed E-state index contributed by atoms with van der Waals surface area (Å²) in [7, 11) is 0. The summed E-state index contributed by atoms with van der Waals surface area (Å²) in [5.41, 5.74) is 1.21. The van der Waals surface area contributed by atoms with Crippen molar-refractivity contribution < 1.29 is 4.92 Å². The molecule has 0 saturated carbocycles. The van der Waals surface area contributed by atoms with Crippen molar-refractivity contribution >= 4 is 34.9 Å². The Labute approximate surface area is 127 Å². The number of anilines is 1. The molecular weight excluding hydrogens is 294 g/mol. The van der Waals surface area contributed by atoms with Gasteiger partial charge in [0.25, 0.3) is 5.69 Å². The van der Waals surface area contributed by atoms with E-state index in [9.17, 15) is 10.1 Å². The predicted octanol–water partition coefficient (Wildman–Crippen LogP) is 2.12. The van der Waals surface area contributed by atoms with Crippen LogP contribution in [0.15, 0.2) is 24.4 Å². The van der Waals surface area contributed by atoms with Gasteiger partial charge in [0.15, 0.2) is 0 Å². The fourth-order valence-electron chi connectivity index (χ4n) is 2.36. The van der Waals surface area contributed by atoms with Gasteiger partial charge in [0.1, 0.15) is 5.82 Å². The third kappa shape index (κ3) is 3.56. The lowest BCUT2D eigenvalue weighted by Crippen LogP contribution is -2.29. The van der Waals surface area contributed by atoms with Crippen LogP contribution < -0.4 is 10.6 Å². The number of benzene rings is 1. The van der Waals surface area contributed by atoms with Crippen molar-refractivity contribution in [2.45, 2.75) is 18.9 Å². The second-order valence-corrected chi connectivity index (χ2v) is 4.86. The number of hydrogen-bond acceptors (Lipinski definition) is 6. The molecule has 2 aromatic rings. The van der Waals surface area contributed by atoms with Gasteiger partial charge in [-0.3, -0.25) is 15.1 Å². The first-order valence-corrected chi connectivity index (χ1v) is 6.61. The molecule has 1 unspecified atom stereocenters. The van der Waals surface area contributed by atoms with Crippen LogP contribution in [0.25, 0.3) is 11.0 Å². The van der Waals surface area contributed by atoms with Gasteiger partial charge in [0.2, 0.25) is 0 Å². The highest BCUT2D eigenvalue weighted by atomic mass is 35.5. The van der Waals surface area contributed by atoms with Gasteiger partial charge in [-0.25, -0.2) is 4.98 Å². The number of non-ortho nitro benzene ring substituents is 1. The monoisotopic (exact) mass is 309 g/mol. The van der Waals surface area contributed by atoms with Crippen molar-refractivity contribution in [2.24, 2.45) is 0 Å². The molecule has 8 heteroatoms. The maximum absolute atomic E-state index is 10.7. The summed E-state index contributed by atoms with van der Waals surface area (Å²) in [5.74, 6) is 0.694. The van der Waals surface area contributed by atoms with E-state index in [1.165, 1.54) is 25.0 Å². The Kier molecular flexibility index (Phi) is 4.87. The second kappa shape index (κ2) is 6.64. The molecule has 21 heavy (non-hydrogen) atoms. The summed E-state index contributed by atoms with van der Waals surface area (Å²) in [5, 5.41) is 17.3. The van der Waals surface area contributed by atoms with Crippen molar-refractivity contribution in [3.63, 3.8) is 0 Å². The van der Waals surface area contributed by atoms with Gasteiger partial charge >= 0.3 is 0 Å². The van der Waals surface area contributed by atoms with Crippen LogP contribution in [0.2, 0.25) is 0 Å². The molecule has 7 nitrogen and oxygen atoms in total. The molecule has 1 aliphatic rings. The highest BCUT2D eigenvalue weighted by molar-refractivity contribution is 5.85. The standard InChI is InChI=1S/C13H15N5O2.ClH/c19-18(20)10-3-4-11-12(6-10)15-8-13(17-11)16-7-9-2-1-5-14-9;/h3-4,6,8-9,14H,1-2,5,7H2,(H,16,17);1H. The van der Waals surface area contributed by atoms with E-state index in [4.69, 9.17) is 0 Å². The van der Waals surface area contributed by atoms with E-state index in [2.05, 4.69) is 20.6 Å². The zero-order valence-electron chi connectivity index (χ0n) is 11.3. The number of aromatic nitrogens is 2. The zero-order valence-corrected chi connectivity index (χ0v) is 12.1. The summed E-state index contributed by atoms with van der Waals surface area (Å²) in [6.07, 6.45) is 3.99. The minimum Gasteiger partial charge on any atom is -0.367 e. The first kappa shape index (κ1) is 15.4. The molecule has 0 radical (unpaired) electrons. The van der Waals surface area contributed by atoms with Crippen molar-refractivity contribution in [1.29, 1.82) is 0 Å². The number of halogens is 1. The number of nitro benzene ring substituents is 1. The predicted molar refractivity (Wildman–Crippen MR) is 83.0 cm³/mol. The highest BCUT2D eigenvalue weighted by Crippen LogP contribution is 2.19.